The number of hydrogen-bond acceptors (Lipinski definition) is 3. The molecule has 0 aromatic heterocycles. The molecule has 0 spiro atoms. The van der Waals surface area contributed by atoms with Crippen LogP contribution in [0.15, 0.2) is 30.3 Å². The van der Waals surface area contributed by atoms with Crippen molar-refractivity contribution in [1.29, 1.82) is 0 Å². The number of amides is 1. The van der Waals surface area contributed by atoms with Gasteiger partial charge in [-0.15, -0.1) is 0 Å². The van der Waals surface area contributed by atoms with Gasteiger partial charge in [0, 0.05) is 16.8 Å². The highest BCUT2D eigenvalue weighted by Crippen LogP contribution is 2.31. The van der Waals surface area contributed by atoms with Crippen LogP contribution in [0.4, 0.5) is 11.4 Å². The molecule has 0 radical (unpaired) electrons. The fraction of sp³-hybridized carbons (Fsp3) is 0.350. The van der Waals surface area contributed by atoms with Gasteiger partial charge >= 0.3 is 0 Å². The van der Waals surface area contributed by atoms with Gasteiger partial charge in [0.2, 0.25) is 5.91 Å². The van der Waals surface area contributed by atoms with Gasteiger partial charge in [-0.05, 0) is 68.0 Å². The second kappa shape index (κ2) is 7.36. The molecule has 1 aliphatic rings. The maximum Gasteiger partial charge on any atom is 0.246 e. The van der Waals surface area contributed by atoms with E-state index in [2.05, 4.69) is 22.8 Å². The Labute approximate surface area is 153 Å². The Hall–Kier alpha value is -2.20. The number of ether oxygens (including phenoxy) is 1. The topological polar surface area (TPSA) is 50.4 Å². The Bertz CT molecular complexity index is 805. The van der Waals surface area contributed by atoms with Gasteiger partial charge in [-0.2, -0.15) is 0 Å². The van der Waals surface area contributed by atoms with Crippen molar-refractivity contribution < 1.29 is 9.53 Å². The Balaban J connectivity index is 1.70. The molecule has 5 heteroatoms. The molecule has 0 heterocycles. The van der Waals surface area contributed by atoms with Gasteiger partial charge in [0.05, 0.1) is 12.8 Å². The van der Waals surface area contributed by atoms with E-state index >= 15 is 0 Å². The standard InChI is InChI=1S/C20H23ClN2O2/c1-12-9-18(19(25-3)11-17(12)21)23-20(24)13(2)22-16-8-7-14-5-4-6-15(14)10-16/h7-11,13,22H,4-6H2,1-3H3,(H,23,24)/t13-/m1/s1. The Morgan fingerprint density at radius 1 is 1.20 bits per heavy atom. The summed E-state index contributed by atoms with van der Waals surface area (Å²) < 4.78 is 5.31. The first-order valence-corrected chi connectivity index (χ1v) is 8.89. The molecule has 3 rings (SSSR count). The highest BCUT2D eigenvalue weighted by molar-refractivity contribution is 6.31. The quantitative estimate of drug-likeness (QED) is 0.822. The lowest BCUT2D eigenvalue weighted by Gasteiger charge is -2.18. The second-order valence-corrected chi connectivity index (χ2v) is 6.90. The van der Waals surface area contributed by atoms with Gasteiger partial charge < -0.3 is 15.4 Å². The van der Waals surface area contributed by atoms with Crippen LogP contribution in [-0.4, -0.2) is 19.1 Å². The van der Waals surface area contributed by atoms with Crippen LogP contribution in [-0.2, 0) is 17.6 Å². The number of hydrogen-bond donors (Lipinski definition) is 2. The number of benzene rings is 2. The molecule has 0 fully saturated rings. The molecule has 0 aliphatic heterocycles. The molecule has 0 bridgehead atoms. The Kier molecular flexibility index (Phi) is 5.19. The molecule has 0 saturated carbocycles. The summed E-state index contributed by atoms with van der Waals surface area (Å²) in [5.74, 6) is 0.425. The van der Waals surface area contributed by atoms with Gasteiger partial charge in [-0.1, -0.05) is 17.7 Å². The molecule has 0 unspecified atom stereocenters. The summed E-state index contributed by atoms with van der Waals surface area (Å²) in [6.07, 6.45) is 3.48. The van der Waals surface area contributed by atoms with Crippen molar-refractivity contribution in [2.45, 2.75) is 39.2 Å². The van der Waals surface area contributed by atoms with E-state index in [0.717, 1.165) is 24.1 Å². The smallest absolute Gasteiger partial charge is 0.246 e. The third-order valence-corrected chi connectivity index (χ3v) is 5.02. The van der Waals surface area contributed by atoms with Gasteiger partial charge in [0.15, 0.2) is 0 Å². The summed E-state index contributed by atoms with van der Waals surface area (Å²) in [6, 6.07) is 9.51. The lowest BCUT2D eigenvalue weighted by Crippen LogP contribution is -2.32. The first-order valence-electron chi connectivity index (χ1n) is 8.51. The molecular weight excluding hydrogens is 336 g/mol. The number of methoxy groups -OCH3 is 1. The first kappa shape index (κ1) is 17.6. The number of halogens is 1. The SMILES string of the molecule is COc1cc(Cl)c(C)cc1NC(=O)[C@@H](C)Nc1ccc2c(c1)CCC2. The van der Waals surface area contributed by atoms with Crippen LogP contribution in [0.1, 0.15) is 30.0 Å². The van der Waals surface area contributed by atoms with Crippen LogP contribution in [0.2, 0.25) is 5.02 Å². The molecule has 1 amide bonds. The largest absolute Gasteiger partial charge is 0.495 e. The number of nitrogens with one attached hydrogen (secondary N) is 2. The summed E-state index contributed by atoms with van der Waals surface area (Å²) in [4.78, 5) is 12.6. The van der Waals surface area contributed by atoms with E-state index in [1.807, 2.05) is 26.0 Å². The van der Waals surface area contributed by atoms with Crippen molar-refractivity contribution >= 4 is 28.9 Å². The van der Waals surface area contributed by atoms with E-state index in [-0.39, 0.29) is 11.9 Å². The van der Waals surface area contributed by atoms with Crippen molar-refractivity contribution in [2.24, 2.45) is 0 Å². The molecular formula is C20H23ClN2O2. The Morgan fingerprint density at radius 3 is 2.72 bits per heavy atom. The maximum atomic E-state index is 12.6. The summed E-state index contributed by atoms with van der Waals surface area (Å²) in [5.41, 5.74) is 5.29. The van der Waals surface area contributed by atoms with Crippen molar-refractivity contribution in [2.75, 3.05) is 17.7 Å². The van der Waals surface area contributed by atoms with Gasteiger partial charge in [-0.3, -0.25) is 4.79 Å². The Morgan fingerprint density at radius 2 is 1.96 bits per heavy atom. The van der Waals surface area contributed by atoms with Crippen molar-refractivity contribution in [1.82, 2.24) is 0 Å². The van der Waals surface area contributed by atoms with Crippen molar-refractivity contribution in [3.8, 4) is 5.75 Å². The zero-order valence-corrected chi connectivity index (χ0v) is 15.5. The van der Waals surface area contributed by atoms with E-state index in [1.54, 1.807) is 13.2 Å². The highest BCUT2D eigenvalue weighted by atomic mass is 35.5. The number of carbonyl (C=O) groups is 1. The van der Waals surface area contributed by atoms with E-state index in [1.165, 1.54) is 17.5 Å². The van der Waals surface area contributed by atoms with Gasteiger partial charge in [0.1, 0.15) is 11.8 Å². The van der Waals surface area contributed by atoms with E-state index in [9.17, 15) is 4.79 Å². The monoisotopic (exact) mass is 358 g/mol. The van der Waals surface area contributed by atoms with E-state index < -0.39 is 0 Å². The number of anilines is 2. The van der Waals surface area contributed by atoms with Gasteiger partial charge in [-0.25, -0.2) is 0 Å². The number of aryl methyl sites for hydroxylation is 3. The fourth-order valence-corrected chi connectivity index (χ4v) is 3.30. The van der Waals surface area contributed by atoms with Crippen LogP contribution in [0, 0.1) is 6.92 Å². The third kappa shape index (κ3) is 3.90. The number of fused-ring (bicyclic) bond motifs is 1. The summed E-state index contributed by atoms with van der Waals surface area (Å²) in [5, 5.41) is 6.80. The average molecular weight is 359 g/mol. The lowest BCUT2D eigenvalue weighted by molar-refractivity contribution is -0.116. The second-order valence-electron chi connectivity index (χ2n) is 6.49. The number of carbonyl (C=O) groups excluding carboxylic acids is 1. The summed E-state index contributed by atoms with van der Waals surface area (Å²) >= 11 is 6.11. The third-order valence-electron chi connectivity index (χ3n) is 4.61. The fourth-order valence-electron chi connectivity index (χ4n) is 3.15. The minimum atomic E-state index is -0.375. The molecule has 132 valence electrons. The molecule has 4 nitrogen and oxygen atoms in total. The number of rotatable bonds is 5. The highest BCUT2D eigenvalue weighted by Gasteiger charge is 2.17. The minimum Gasteiger partial charge on any atom is -0.495 e. The summed E-state index contributed by atoms with van der Waals surface area (Å²) in [6.45, 7) is 3.74. The zero-order chi connectivity index (χ0) is 18.0. The van der Waals surface area contributed by atoms with Gasteiger partial charge in [0.25, 0.3) is 0 Å². The molecule has 25 heavy (non-hydrogen) atoms. The van der Waals surface area contributed by atoms with Crippen molar-refractivity contribution in [3.05, 3.63) is 52.0 Å². The lowest BCUT2D eigenvalue weighted by atomic mass is 10.1. The average Bonchev–Trinajstić information content (AvgIpc) is 3.05. The molecule has 1 atom stereocenters. The van der Waals surface area contributed by atoms with Crippen LogP contribution >= 0.6 is 11.6 Å². The predicted molar refractivity (Wildman–Crippen MR) is 103 cm³/mol. The van der Waals surface area contributed by atoms with E-state index in [4.69, 9.17) is 16.3 Å². The molecule has 0 saturated heterocycles. The minimum absolute atomic E-state index is 0.125. The molecule has 2 aromatic carbocycles. The van der Waals surface area contributed by atoms with Crippen LogP contribution < -0.4 is 15.4 Å². The zero-order valence-electron chi connectivity index (χ0n) is 14.8. The maximum absolute atomic E-state index is 12.6. The molecule has 2 aromatic rings. The van der Waals surface area contributed by atoms with Crippen molar-refractivity contribution in [3.63, 3.8) is 0 Å². The van der Waals surface area contributed by atoms with Crippen LogP contribution in [0.5, 0.6) is 5.75 Å². The van der Waals surface area contributed by atoms with Crippen LogP contribution in [0.3, 0.4) is 0 Å². The first-order chi connectivity index (χ1) is 12.0. The van der Waals surface area contributed by atoms with Crippen LogP contribution in [0.25, 0.3) is 0 Å². The van der Waals surface area contributed by atoms with E-state index in [0.29, 0.717) is 16.5 Å². The summed E-state index contributed by atoms with van der Waals surface area (Å²) in [7, 11) is 1.56. The normalized spacial score (nSPS) is 13.9. The molecule has 1 aliphatic carbocycles. The predicted octanol–water partition coefficient (Wildman–Crippen LogP) is 4.58. The molecule has 2 N–H and O–H groups in total.